The first-order chi connectivity index (χ1) is 9.45. The van der Waals surface area contributed by atoms with Crippen molar-refractivity contribution < 1.29 is 4.74 Å². The second-order valence-electron chi connectivity index (χ2n) is 5.15. The van der Waals surface area contributed by atoms with E-state index in [-0.39, 0.29) is 17.3 Å². The molecule has 0 saturated heterocycles. The molecule has 1 aromatic carbocycles. The van der Waals surface area contributed by atoms with Gasteiger partial charge in [0, 0.05) is 11.6 Å². The van der Waals surface area contributed by atoms with Gasteiger partial charge < -0.3 is 15.0 Å². The number of benzene rings is 1. The second kappa shape index (κ2) is 5.41. The van der Waals surface area contributed by atoms with Crippen LogP contribution in [0, 0.1) is 6.92 Å². The molecule has 1 heterocycles. The van der Waals surface area contributed by atoms with Crippen LogP contribution in [-0.4, -0.2) is 11.7 Å². The van der Waals surface area contributed by atoms with E-state index in [0.29, 0.717) is 0 Å². The zero-order chi connectivity index (χ0) is 14.9. The topological polar surface area (TPSA) is 57.2 Å². The molecule has 0 spiro atoms. The zero-order valence-corrected chi connectivity index (χ0v) is 12.3. The summed E-state index contributed by atoms with van der Waals surface area (Å²) >= 11 is 0. The van der Waals surface area contributed by atoms with Crippen LogP contribution in [0.2, 0.25) is 0 Å². The van der Waals surface area contributed by atoms with E-state index in [1.165, 1.54) is 0 Å². The van der Waals surface area contributed by atoms with Crippen LogP contribution in [0.4, 0.5) is 5.69 Å². The van der Waals surface area contributed by atoms with Crippen LogP contribution < -0.4 is 16.0 Å². The van der Waals surface area contributed by atoms with Gasteiger partial charge in [-0.25, -0.2) is 0 Å². The highest BCUT2D eigenvalue weighted by molar-refractivity contribution is 5.69. The molecule has 0 saturated carbocycles. The van der Waals surface area contributed by atoms with Crippen molar-refractivity contribution in [1.82, 2.24) is 4.57 Å². The number of hydrogen-bond donors (Lipinski definition) is 1. The highest BCUT2D eigenvalue weighted by Crippen LogP contribution is 2.31. The molecule has 2 rings (SSSR count). The van der Waals surface area contributed by atoms with Gasteiger partial charge in [0.2, 0.25) is 0 Å². The molecule has 0 aliphatic heterocycles. The number of aromatic nitrogens is 1. The summed E-state index contributed by atoms with van der Waals surface area (Å²) in [6.45, 7) is 5.94. The molecule has 4 nitrogen and oxygen atoms in total. The van der Waals surface area contributed by atoms with Crippen LogP contribution in [0.15, 0.2) is 35.1 Å². The predicted molar refractivity (Wildman–Crippen MR) is 82.2 cm³/mol. The summed E-state index contributed by atoms with van der Waals surface area (Å²) in [6, 6.07) is 9.45. The highest BCUT2D eigenvalue weighted by atomic mass is 16.5. The Labute approximate surface area is 118 Å². The predicted octanol–water partition coefficient (Wildman–Crippen LogP) is 3.00. The van der Waals surface area contributed by atoms with Gasteiger partial charge in [-0.1, -0.05) is 11.6 Å². The molecule has 2 N–H and O–H groups in total. The van der Waals surface area contributed by atoms with E-state index in [2.05, 4.69) is 0 Å². The maximum absolute atomic E-state index is 12.3. The number of anilines is 1. The molecule has 1 aromatic heterocycles. The van der Waals surface area contributed by atoms with Crippen molar-refractivity contribution in [3.8, 4) is 17.0 Å². The first kappa shape index (κ1) is 14.2. The normalized spacial score (nSPS) is 10.8. The first-order valence-electron chi connectivity index (χ1n) is 6.61. The fourth-order valence-corrected chi connectivity index (χ4v) is 2.32. The lowest BCUT2D eigenvalue weighted by atomic mass is 10.1. The fraction of sp³-hybridized carbons (Fsp3) is 0.312. The number of rotatable bonds is 3. The molecule has 0 atom stereocenters. The Morgan fingerprint density at radius 3 is 2.50 bits per heavy atom. The Hall–Kier alpha value is -2.23. The van der Waals surface area contributed by atoms with Crippen LogP contribution in [0.3, 0.4) is 0 Å². The molecule has 0 amide bonds. The van der Waals surface area contributed by atoms with Crippen molar-refractivity contribution in [3.63, 3.8) is 0 Å². The van der Waals surface area contributed by atoms with Crippen molar-refractivity contribution >= 4 is 5.69 Å². The molecule has 0 fully saturated rings. The van der Waals surface area contributed by atoms with Crippen molar-refractivity contribution in [2.45, 2.75) is 26.8 Å². The van der Waals surface area contributed by atoms with Crippen LogP contribution >= 0.6 is 0 Å². The van der Waals surface area contributed by atoms with Gasteiger partial charge in [0.15, 0.2) is 0 Å². The molecule has 0 radical (unpaired) electrons. The van der Waals surface area contributed by atoms with E-state index >= 15 is 0 Å². The summed E-state index contributed by atoms with van der Waals surface area (Å²) in [5.74, 6) is 0.745. The lowest BCUT2D eigenvalue weighted by molar-refractivity contribution is 0.415. The van der Waals surface area contributed by atoms with E-state index in [4.69, 9.17) is 10.5 Å². The van der Waals surface area contributed by atoms with Gasteiger partial charge in [-0.3, -0.25) is 4.79 Å². The Bertz CT molecular complexity index is 687. The summed E-state index contributed by atoms with van der Waals surface area (Å²) in [6.07, 6.45) is 0. The van der Waals surface area contributed by atoms with E-state index < -0.39 is 0 Å². The van der Waals surface area contributed by atoms with E-state index in [1.54, 1.807) is 17.7 Å². The molecular formula is C16H20N2O2. The SMILES string of the molecule is COc1ccc(C)cc1-c1ccc(N)c(=O)n1C(C)C. The van der Waals surface area contributed by atoms with Crippen LogP contribution in [0.5, 0.6) is 5.75 Å². The maximum atomic E-state index is 12.3. The Morgan fingerprint density at radius 1 is 1.20 bits per heavy atom. The molecular weight excluding hydrogens is 252 g/mol. The number of nitrogens with two attached hydrogens (primary N) is 1. The summed E-state index contributed by atoms with van der Waals surface area (Å²) in [7, 11) is 1.63. The van der Waals surface area contributed by atoms with E-state index in [0.717, 1.165) is 22.6 Å². The second-order valence-corrected chi connectivity index (χ2v) is 5.15. The Morgan fingerprint density at radius 2 is 1.90 bits per heavy atom. The number of ether oxygens (including phenoxy) is 1. The Balaban J connectivity index is 2.79. The van der Waals surface area contributed by atoms with Gasteiger partial charge in [-0.05, 0) is 45.0 Å². The molecule has 2 aromatic rings. The number of methoxy groups -OCH3 is 1. The maximum Gasteiger partial charge on any atom is 0.274 e. The third-order valence-electron chi connectivity index (χ3n) is 3.29. The number of nitrogens with zero attached hydrogens (tertiary/aromatic N) is 1. The molecule has 0 unspecified atom stereocenters. The summed E-state index contributed by atoms with van der Waals surface area (Å²) < 4.78 is 7.11. The summed E-state index contributed by atoms with van der Waals surface area (Å²) in [5, 5.41) is 0. The lowest BCUT2D eigenvalue weighted by Gasteiger charge is -2.19. The fourth-order valence-electron chi connectivity index (χ4n) is 2.32. The van der Waals surface area contributed by atoms with Crippen molar-refractivity contribution in [2.75, 3.05) is 12.8 Å². The van der Waals surface area contributed by atoms with Crippen LogP contribution in [-0.2, 0) is 0 Å². The van der Waals surface area contributed by atoms with Crippen molar-refractivity contribution in [1.29, 1.82) is 0 Å². The number of aryl methyl sites for hydroxylation is 1. The number of nitrogen functional groups attached to an aromatic ring is 1. The van der Waals surface area contributed by atoms with Gasteiger partial charge >= 0.3 is 0 Å². The molecule has 0 bridgehead atoms. The average Bonchev–Trinajstić information content (AvgIpc) is 2.41. The largest absolute Gasteiger partial charge is 0.496 e. The lowest BCUT2D eigenvalue weighted by Crippen LogP contribution is -2.25. The minimum Gasteiger partial charge on any atom is -0.496 e. The average molecular weight is 272 g/mol. The minimum absolute atomic E-state index is 0.0196. The molecule has 20 heavy (non-hydrogen) atoms. The molecule has 0 aliphatic rings. The van der Waals surface area contributed by atoms with Crippen molar-refractivity contribution in [3.05, 3.63) is 46.2 Å². The standard InChI is InChI=1S/C16H20N2O2/c1-10(2)18-14(7-6-13(17)16(18)19)12-9-11(3)5-8-15(12)20-4/h5-10H,17H2,1-4H3. The molecule has 4 heteroatoms. The van der Waals surface area contributed by atoms with E-state index in [1.807, 2.05) is 45.0 Å². The third kappa shape index (κ3) is 2.41. The monoisotopic (exact) mass is 272 g/mol. The van der Waals surface area contributed by atoms with Crippen molar-refractivity contribution in [2.24, 2.45) is 0 Å². The highest BCUT2D eigenvalue weighted by Gasteiger charge is 2.15. The van der Waals surface area contributed by atoms with Gasteiger partial charge in [-0.15, -0.1) is 0 Å². The van der Waals surface area contributed by atoms with Gasteiger partial charge in [0.1, 0.15) is 5.75 Å². The summed E-state index contributed by atoms with van der Waals surface area (Å²) in [4.78, 5) is 12.3. The summed E-state index contributed by atoms with van der Waals surface area (Å²) in [5.41, 5.74) is 8.67. The van der Waals surface area contributed by atoms with Crippen LogP contribution in [0.1, 0.15) is 25.5 Å². The molecule has 106 valence electrons. The minimum atomic E-state index is -0.166. The Kier molecular flexibility index (Phi) is 3.84. The third-order valence-corrected chi connectivity index (χ3v) is 3.29. The number of pyridine rings is 1. The van der Waals surface area contributed by atoms with E-state index in [9.17, 15) is 4.79 Å². The molecule has 0 aliphatic carbocycles. The van der Waals surface area contributed by atoms with Crippen LogP contribution in [0.25, 0.3) is 11.3 Å². The zero-order valence-electron chi connectivity index (χ0n) is 12.3. The smallest absolute Gasteiger partial charge is 0.274 e. The van der Waals surface area contributed by atoms with Gasteiger partial charge in [0.25, 0.3) is 5.56 Å². The number of hydrogen-bond acceptors (Lipinski definition) is 3. The quantitative estimate of drug-likeness (QED) is 0.934. The van der Waals surface area contributed by atoms with Gasteiger partial charge in [0.05, 0.1) is 18.5 Å². The first-order valence-corrected chi connectivity index (χ1v) is 6.61. The van der Waals surface area contributed by atoms with Gasteiger partial charge in [-0.2, -0.15) is 0 Å².